The van der Waals surface area contributed by atoms with Gasteiger partial charge in [0.1, 0.15) is 6.07 Å². The Morgan fingerprint density at radius 1 is 1.17 bits per heavy atom. The summed E-state index contributed by atoms with van der Waals surface area (Å²) in [7, 11) is 0. The van der Waals surface area contributed by atoms with Gasteiger partial charge in [-0.3, -0.25) is 4.79 Å². The number of benzene rings is 2. The quantitative estimate of drug-likeness (QED) is 0.462. The summed E-state index contributed by atoms with van der Waals surface area (Å²) in [4.78, 5) is 12.2. The third-order valence-corrected chi connectivity index (χ3v) is 5.50. The van der Waals surface area contributed by atoms with Crippen LogP contribution in [0.3, 0.4) is 0 Å². The van der Waals surface area contributed by atoms with Crippen molar-refractivity contribution in [2.45, 2.75) is 37.8 Å². The predicted octanol–water partition coefficient (Wildman–Crippen LogP) is 3.95. The van der Waals surface area contributed by atoms with Gasteiger partial charge < -0.3 is 11.2 Å². The van der Waals surface area contributed by atoms with Gasteiger partial charge in [-0.1, -0.05) is 68.9 Å². The molecule has 3 N–H and O–H groups in total. The van der Waals surface area contributed by atoms with Crippen molar-refractivity contribution in [1.29, 1.82) is 5.26 Å². The van der Waals surface area contributed by atoms with E-state index in [2.05, 4.69) is 54.5 Å². The van der Waals surface area contributed by atoms with Crippen LogP contribution in [0.5, 0.6) is 0 Å². The lowest BCUT2D eigenvalue weighted by atomic mass is 9.87. The van der Waals surface area contributed by atoms with E-state index in [0.29, 0.717) is 28.0 Å². The van der Waals surface area contributed by atoms with Crippen LogP contribution in [0.2, 0.25) is 0 Å². The number of rotatable bonds is 6. The molecule has 0 aliphatic heterocycles. The summed E-state index contributed by atoms with van der Waals surface area (Å²) in [5.74, 6) is 7.06. The molecular weight excluding hydrogens is 396 g/mol. The Kier molecular flexibility index (Phi) is 6.43. The Balaban J connectivity index is 1.59. The van der Waals surface area contributed by atoms with E-state index >= 15 is 0 Å². The smallest absolute Gasteiger partial charge is 0.225 e. The minimum atomic E-state index is -0.175. The largest absolute Gasteiger partial charge is 0.335 e. The first-order valence-corrected chi connectivity index (χ1v) is 10.5. The zero-order valence-corrected chi connectivity index (χ0v) is 18.0. The number of aromatic nitrogens is 3. The third-order valence-electron chi connectivity index (χ3n) is 4.56. The van der Waals surface area contributed by atoms with Crippen LogP contribution < -0.4 is 11.2 Å². The number of nitrogens with two attached hydrogens (primary N) is 1. The van der Waals surface area contributed by atoms with Gasteiger partial charge in [0.25, 0.3) is 0 Å². The van der Waals surface area contributed by atoms with E-state index in [1.54, 1.807) is 24.3 Å². The lowest BCUT2D eigenvalue weighted by molar-refractivity contribution is -0.115. The van der Waals surface area contributed by atoms with E-state index in [9.17, 15) is 4.79 Å². The van der Waals surface area contributed by atoms with Crippen LogP contribution >= 0.6 is 11.8 Å². The first-order chi connectivity index (χ1) is 14.3. The van der Waals surface area contributed by atoms with Crippen molar-refractivity contribution in [2.24, 2.45) is 0 Å². The Morgan fingerprint density at radius 3 is 2.53 bits per heavy atom. The molecule has 1 aromatic heterocycles. The van der Waals surface area contributed by atoms with Gasteiger partial charge in [0.05, 0.1) is 11.3 Å². The highest BCUT2D eigenvalue weighted by Gasteiger charge is 2.16. The number of anilines is 1. The Hall–Kier alpha value is -3.31. The van der Waals surface area contributed by atoms with Crippen LogP contribution in [0.25, 0.3) is 11.4 Å². The van der Waals surface area contributed by atoms with E-state index in [1.165, 1.54) is 22.0 Å². The number of hydrogen-bond acceptors (Lipinski definition) is 6. The molecule has 0 spiro atoms. The maximum atomic E-state index is 12.2. The highest BCUT2D eigenvalue weighted by molar-refractivity contribution is 7.99. The van der Waals surface area contributed by atoms with Gasteiger partial charge in [-0.2, -0.15) is 5.26 Å². The molecule has 2 aromatic carbocycles. The minimum Gasteiger partial charge on any atom is -0.335 e. The lowest BCUT2D eigenvalue weighted by Crippen LogP contribution is -2.14. The van der Waals surface area contributed by atoms with Crippen molar-refractivity contribution in [3.05, 3.63) is 59.7 Å². The second-order valence-corrected chi connectivity index (χ2v) is 8.87. The fourth-order valence-corrected chi connectivity index (χ4v) is 3.62. The van der Waals surface area contributed by atoms with Crippen molar-refractivity contribution in [2.75, 3.05) is 16.9 Å². The normalized spacial score (nSPS) is 11.1. The third kappa shape index (κ3) is 4.99. The number of thioether (sulfide) groups is 1. The first-order valence-electron chi connectivity index (χ1n) is 9.53. The van der Waals surface area contributed by atoms with E-state index in [-0.39, 0.29) is 17.7 Å². The van der Waals surface area contributed by atoms with Crippen molar-refractivity contribution in [1.82, 2.24) is 14.9 Å². The van der Waals surface area contributed by atoms with Crippen LogP contribution in [0, 0.1) is 11.3 Å². The lowest BCUT2D eigenvalue weighted by Gasteiger charge is -2.19. The zero-order valence-electron chi connectivity index (χ0n) is 17.2. The Bertz CT molecular complexity index is 1080. The number of hydrogen-bond donors (Lipinski definition) is 2. The minimum absolute atomic E-state index is 0.0737. The van der Waals surface area contributed by atoms with Gasteiger partial charge in [0, 0.05) is 17.7 Å². The average molecular weight is 421 g/mol. The van der Waals surface area contributed by atoms with E-state index in [4.69, 9.17) is 11.1 Å². The molecule has 3 aromatic rings. The molecule has 0 atom stereocenters. The molecule has 30 heavy (non-hydrogen) atoms. The summed E-state index contributed by atoms with van der Waals surface area (Å²) < 4.78 is 1.44. The number of para-hydroxylation sites is 1. The number of nitriles is 1. The van der Waals surface area contributed by atoms with Gasteiger partial charge in [0.2, 0.25) is 11.1 Å². The highest BCUT2D eigenvalue weighted by Crippen LogP contribution is 2.26. The molecule has 0 unspecified atom stereocenters. The maximum Gasteiger partial charge on any atom is 0.225 e. The molecule has 0 aliphatic rings. The Morgan fingerprint density at radius 2 is 1.87 bits per heavy atom. The number of carbonyl (C=O) groups is 1. The first kappa shape index (κ1) is 21.4. The molecule has 1 amide bonds. The molecule has 1 heterocycles. The van der Waals surface area contributed by atoms with Crippen LogP contribution in [0.4, 0.5) is 5.69 Å². The molecule has 7 nitrogen and oxygen atoms in total. The van der Waals surface area contributed by atoms with E-state index in [0.717, 1.165) is 5.56 Å². The molecular formula is C22H24N6OS. The van der Waals surface area contributed by atoms with Crippen molar-refractivity contribution in [3.63, 3.8) is 0 Å². The van der Waals surface area contributed by atoms with Crippen LogP contribution in [-0.2, 0) is 10.2 Å². The number of amides is 1. The van der Waals surface area contributed by atoms with Crippen molar-refractivity contribution < 1.29 is 4.79 Å². The van der Waals surface area contributed by atoms with Crippen LogP contribution in [0.1, 0.15) is 38.3 Å². The second-order valence-electron chi connectivity index (χ2n) is 7.81. The summed E-state index contributed by atoms with van der Waals surface area (Å²) in [6, 6.07) is 17.1. The van der Waals surface area contributed by atoms with E-state index in [1.807, 2.05) is 12.1 Å². The van der Waals surface area contributed by atoms with Gasteiger partial charge >= 0.3 is 0 Å². The molecule has 0 fully saturated rings. The fraction of sp³-hybridized carbons (Fsp3) is 0.273. The number of carbonyl (C=O) groups excluding carboxylic acids is 1. The zero-order chi connectivity index (χ0) is 21.7. The Labute approximate surface area is 180 Å². The van der Waals surface area contributed by atoms with Gasteiger partial charge in [-0.15, -0.1) is 10.2 Å². The summed E-state index contributed by atoms with van der Waals surface area (Å²) in [5, 5.41) is 20.7. The number of nitrogens with zero attached hydrogens (tertiary/aromatic N) is 4. The summed E-state index contributed by atoms with van der Waals surface area (Å²) in [6.07, 6.45) is 0.257. The summed E-state index contributed by atoms with van der Waals surface area (Å²) in [5.41, 5.74) is 3.13. The maximum absolute atomic E-state index is 12.2. The molecule has 0 saturated heterocycles. The summed E-state index contributed by atoms with van der Waals surface area (Å²) in [6.45, 7) is 6.49. The monoisotopic (exact) mass is 420 g/mol. The topological polar surface area (TPSA) is 110 Å². The molecule has 0 aliphatic carbocycles. The number of nitrogen functional groups attached to an aromatic ring is 1. The average Bonchev–Trinajstić information content (AvgIpc) is 3.08. The molecule has 0 saturated carbocycles. The van der Waals surface area contributed by atoms with Gasteiger partial charge in [-0.25, -0.2) is 4.68 Å². The SMILES string of the molecule is CC(C)(C)c1ccc(-c2nnc(SCCC(=O)Nc3ccccc3C#N)n2N)cc1. The van der Waals surface area contributed by atoms with Crippen molar-refractivity contribution >= 4 is 23.4 Å². The van der Waals surface area contributed by atoms with Crippen LogP contribution in [-0.4, -0.2) is 26.5 Å². The molecule has 0 radical (unpaired) electrons. The van der Waals surface area contributed by atoms with Gasteiger partial charge in [-0.05, 0) is 23.1 Å². The van der Waals surface area contributed by atoms with Gasteiger partial charge in [0.15, 0.2) is 5.82 Å². The molecule has 0 bridgehead atoms. The second kappa shape index (κ2) is 9.01. The molecule has 8 heteroatoms. The predicted molar refractivity (Wildman–Crippen MR) is 119 cm³/mol. The van der Waals surface area contributed by atoms with Crippen molar-refractivity contribution in [3.8, 4) is 17.5 Å². The standard InChI is InChI=1S/C22H24N6OS/c1-22(2,3)17-10-8-15(9-11-17)20-26-27-21(28(20)24)30-13-12-19(29)25-18-7-5-4-6-16(18)14-23/h4-11H,12-13,24H2,1-3H3,(H,25,29). The number of nitrogens with one attached hydrogen (secondary N) is 1. The highest BCUT2D eigenvalue weighted by atomic mass is 32.2. The fourth-order valence-electron chi connectivity index (χ4n) is 2.83. The van der Waals surface area contributed by atoms with Crippen LogP contribution in [0.15, 0.2) is 53.7 Å². The summed E-state index contributed by atoms with van der Waals surface area (Å²) >= 11 is 1.36. The van der Waals surface area contributed by atoms with E-state index < -0.39 is 0 Å². The molecule has 154 valence electrons. The molecule has 3 rings (SSSR count).